The van der Waals surface area contributed by atoms with Gasteiger partial charge in [0, 0.05) is 23.7 Å². The van der Waals surface area contributed by atoms with E-state index in [2.05, 4.69) is 5.32 Å². The van der Waals surface area contributed by atoms with Gasteiger partial charge in [0.15, 0.2) is 6.61 Å². The number of amides is 2. The van der Waals surface area contributed by atoms with Gasteiger partial charge in [-0.2, -0.15) is 0 Å². The smallest absolute Gasteiger partial charge is 0.261 e. The van der Waals surface area contributed by atoms with Crippen molar-refractivity contribution in [3.8, 4) is 5.75 Å². The number of rotatable bonds is 9. The molecule has 0 radical (unpaired) electrons. The number of halogens is 3. The molecule has 1 N–H and O–H groups in total. The van der Waals surface area contributed by atoms with Crippen LogP contribution < -0.4 is 10.1 Å². The minimum Gasteiger partial charge on any atom is -0.482 e. The summed E-state index contributed by atoms with van der Waals surface area (Å²) in [5.74, 6) is -0.953. The van der Waals surface area contributed by atoms with Crippen molar-refractivity contribution in [3.05, 3.63) is 63.9 Å². The summed E-state index contributed by atoms with van der Waals surface area (Å²) in [6.07, 6.45) is 0.762. The molecule has 0 bridgehead atoms. The number of carbonyl (C=O) groups is 2. The van der Waals surface area contributed by atoms with E-state index >= 15 is 0 Å². The molecule has 2 amide bonds. The molecule has 156 valence electrons. The maximum atomic E-state index is 14.1. The Bertz CT molecular complexity index is 864. The molecule has 29 heavy (non-hydrogen) atoms. The first-order valence-corrected chi connectivity index (χ1v) is 9.97. The largest absolute Gasteiger partial charge is 0.482 e. The van der Waals surface area contributed by atoms with Gasteiger partial charge in [0.2, 0.25) is 5.91 Å². The lowest BCUT2D eigenvalue weighted by Gasteiger charge is -2.29. The lowest BCUT2D eigenvalue weighted by Crippen LogP contribution is -2.49. The van der Waals surface area contributed by atoms with E-state index in [0.717, 1.165) is 6.42 Å². The Hall–Kier alpha value is -2.31. The van der Waals surface area contributed by atoms with Gasteiger partial charge in [-0.1, -0.05) is 48.3 Å². The van der Waals surface area contributed by atoms with E-state index in [0.29, 0.717) is 22.9 Å². The van der Waals surface area contributed by atoms with Crippen LogP contribution in [0.1, 0.15) is 25.8 Å². The van der Waals surface area contributed by atoms with E-state index in [9.17, 15) is 14.0 Å². The van der Waals surface area contributed by atoms with Crippen LogP contribution >= 0.6 is 23.2 Å². The summed E-state index contributed by atoms with van der Waals surface area (Å²) in [5, 5.41) is 3.46. The molecule has 1 atom stereocenters. The Kier molecular flexibility index (Phi) is 8.73. The van der Waals surface area contributed by atoms with Crippen LogP contribution in [0.25, 0.3) is 0 Å². The van der Waals surface area contributed by atoms with Crippen molar-refractivity contribution in [2.75, 3.05) is 13.2 Å². The molecular weight excluding hydrogens is 418 g/mol. The van der Waals surface area contributed by atoms with E-state index in [-0.39, 0.29) is 24.1 Å². The van der Waals surface area contributed by atoms with Crippen molar-refractivity contribution < 1.29 is 18.7 Å². The topological polar surface area (TPSA) is 58.6 Å². The second kappa shape index (κ2) is 11.0. The molecule has 0 spiro atoms. The van der Waals surface area contributed by atoms with Crippen molar-refractivity contribution in [1.82, 2.24) is 10.2 Å². The number of benzene rings is 2. The first-order valence-electron chi connectivity index (χ1n) is 9.22. The highest BCUT2D eigenvalue weighted by molar-refractivity contribution is 6.35. The Morgan fingerprint density at radius 3 is 2.59 bits per heavy atom. The molecule has 2 aromatic carbocycles. The van der Waals surface area contributed by atoms with Gasteiger partial charge in [0.25, 0.3) is 5.91 Å². The molecule has 2 aromatic rings. The van der Waals surface area contributed by atoms with Gasteiger partial charge >= 0.3 is 0 Å². The fourth-order valence-corrected chi connectivity index (χ4v) is 3.07. The van der Waals surface area contributed by atoms with E-state index in [1.54, 1.807) is 37.3 Å². The first kappa shape index (κ1) is 23.0. The quantitative estimate of drug-likeness (QED) is 0.626. The molecule has 5 nitrogen and oxygen atoms in total. The highest BCUT2D eigenvalue weighted by Crippen LogP contribution is 2.27. The van der Waals surface area contributed by atoms with E-state index < -0.39 is 17.8 Å². The molecule has 0 fully saturated rings. The van der Waals surface area contributed by atoms with Crippen LogP contribution in [0.2, 0.25) is 10.0 Å². The number of hydrogen-bond donors (Lipinski definition) is 1. The zero-order valence-electron chi connectivity index (χ0n) is 16.3. The molecule has 2 rings (SSSR count). The Labute approximate surface area is 179 Å². The van der Waals surface area contributed by atoms with Crippen LogP contribution in [-0.2, 0) is 16.1 Å². The zero-order valence-corrected chi connectivity index (χ0v) is 17.8. The van der Waals surface area contributed by atoms with Gasteiger partial charge in [-0.3, -0.25) is 9.59 Å². The van der Waals surface area contributed by atoms with Crippen LogP contribution in [0, 0.1) is 5.82 Å². The molecule has 0 aromatic heterocycles. The Balaban J connectivity index is 2.17. The van der Waals surface area contributed by atoms with Crippen LogP contribution in [0.4, 0.5) is 4.39 Å². The number of hydrogen-bond acceptors (Lipinski definition) is 3. The summed E-state index contributed by atoms with van der Waals surface area (Å²) in [4.78, 5) is 26.6. The van der Waals surface area contributed by atoms with Crippen molar-refractivity contribution in [1.29, 1.82) is 0 Å². The second-order valence-corrected chi connectivity index (χ2v) is 7.29. The lowest BCUT2D eigenvalue weighted by molar-refractivity contribution is -0.142. The molecule has 0 saturated carbocycles. The summed E-state index contributed by atoms with van der Waals surface area (Å²) in [5.41, 5.74) is 0.306. The van der Waals surface area contributed by atoms with Crippen molar-refractivity contribution in [2.45, 2.75) is 32.9 Å². The number of nitrogens with zero attached hydrogens (tertiary/aromatic N) is 1. The maximum absolute atomic E-state index is 14.1. The summed E-state index contributed by atoms with van der Waals surface area (Å²) in [7, 11) is 0. The molecule has 0 aliphatic heterocycles. The second-order valence-electron chi connectivity index (χ2n) is 6.44. The van der Waals surface area contributed by atoms with Gasteiger partial charge in [0.1, 0.15) is 17.6 Å². The highest BCUT2D eigenvalue weighted by Gasteiger charge is 2.27. The summed E-state index contributed by atoms with van der Waals surface area (Å²) >= 11 is 11.9. The number of nitrogens with one attached hydrogen (secondary N) is 1. The molecule has 0 unspecified atom stereocenters. The van der Waals surface area contributed by atoms with E-state index in [1.165, 1.54) is 17.0 Å². The van der Waals surface area contributed by atoms with Crippen molar-refractivity contribution in [2.24, 2.45) is 0 Å². The fourth-order valence-electron chi connectivity index (χ4n) is 2.60. The molecular formula is C21H23Cl2FN2O3. The predicted molar refractivity (Wildman–Crippen MR) is 112 cm³/mol. The van der Waals surface area contributed by atoms with Crippen LogP contribution in [0.5, 0.6) is 5.75 Å². The van der Waals surface area contributed by atoms with Gasteiger partial charge in [-0.05, 0) is 37.6 Å². The Morgan fingerprint density at radius 2 is 1.93 bits per heavy atom. The standard InChI is InChI=1S/C21H23Cl2FN2O3/c1-3-10-25-21(28)14(2)26(12-15-6-4-5-7-18(15)24)20(27)13-29-19-9-8-16(22)11-17(19)23/h4-9,11,14H,3,10,12-13H2,1-2H3,(H,25,28)/t14-/m0/s1. The van der Waals surface area contributed by atoms with Gasteiger partial charge in [-0.15, -0.1) is 0 Å². The van der Waals surface area contributed by atoms with Crippen LogP contribution in [0.3, 0.4) is 0 Å². The third-order valence-electron chi connectivity index (χ3n) is 4.26. The Morgan fingerprint density at radius 1 is 1.21 bits per heavy atom. The number of ether oxygens (including phenoxy) is 1. The summed E-state index contributed by atoms with van der Waals surface area (Å²) in [6, 6.07) is 9.95. The van der Waals surface area contributed by atoms with Crippen molar-refractivity contribution >= 4 is 35.0 Å². The minimum absolute atomic E-state index is 0.0655. The first-order chi connectivity index (χ1) is 13.8. The van der Waals surface area contributed by atoms with Crippen molar-refractivity contribution in [3.63, 3.8) is 0 Å². The third-order valence-corrected chi connectivity index (χ3v) is 4.79. The molecule has 0 aliphatic carbocycles. The molecule has 8 heteroatoms. The third kappa shape index (κ3) is 6.61. The fraction of sp³-hybridized carbons (Fsp3) is 0.333. The molecule has 0 heterocycles. The molecule has 0 aliphatic rings. The number of carbonyl (C=O) groups excluding carboxylic acids is 2. The molecule has 0 saturated heterocycles. The predicted octanol–water partition coefficient (Wildman–Crippen LogP) is 4.45. The summed E-state index contributed by atoms with van der Waals surface area (Å²) in [6.45, 7) is 3.59. The van der Waals surface area contributed by atoms with Crippen LogP contribution in [-0.4, -0.2) is 35.9 Å². The summed E-state index contributed by atoms with van der Waals surface area (Å²) < 4.78 is 19.6. The zero-order chi connectivity index (χ0) is 21.4. The normalized spacial score (nSPS) is 11.6. The monoisotopic (exact) mass is 440 g/mol. The average Bonchev–Trinajstić information content (AvgIpc) is 2.70. The van der Waals surface area contributed by atoms with E-state index in [1.807, 2.05) is 6.92 Å². The van der Waals surface area contributed by atoms with Crippen LogP contribution in [0.15, 0.2) is 42.5 Å². The van der Waals surface area contributed by atoms with Gasteiger partial charge in [-0.25, -0.2) is 4.39 Å². The van der Waals surface area contributed by atoms with E-state index in [4.69, 9.17) is 27.9 Å². The van der Waals surface area contributed by atoms with Gasteiger partial charge in [0.05, 0.1) is 5.02 Å². The van der Waals surface area contributed by atoms with Gasteiger partial charge < -0.3 is 15.0 Å². The highest BCUT2D eigenvalue weighted by atomic mass is 35.5. The minimum atomic E-state index is -0.807. The SMILES string of the molecule is CCCNC(=O)[C@H](C)N(Cc1ccccc1F)C(=O)COc1ccc(Cl)cc1Cl. The average molecular weight is 441 g/mol. The maximum Gasteiger partial charge on any atom is 0.261 e. The lowest BCUT2D eigenvalue weighted by atomic mass is 10.1.